The van der Waals surface area contributed by atoms with Gasteiger partial charge in [0, 0.05) is 16.2 Å². The Morgan fingerprint density at radius 1 is 1.19 bits per heavy atom. The second kappa shape index (κ2) is 8.24. The summed E-state index contributed by atoms with van der Waals surface area (Å²) in [6.45, 7) is 1.50. The molecule has 10 heteroatoms. The quantitative estimate of drug-likeness (QED) is 0.474. The molecule has 0 bridgehead atoms. The molecule has 7 nitrogen and oxygen atoms in total. The fourth-order valence-corrected chi connectivity index (χ4v) is 5.90. The van der Waals surface area contributed by atoms with Crippen LogP contribution in [-0.4, -0.2) is 42.7 Å². The molecule has 2 aromatic rings. The van der Waals surface area contributed by atoms with Gasteiger partial charge in [-0.3, -0.25) is 14.5 Å². The summed E-state index contributed by atoms with van der Waals surface area (Å²) in [5.41, 5.74) is 0.656. The van der Waals surface area contributed by atoms with E-state index in [-0.39, 0.29) is 34.6 Å². The highest BCUT2D eigenvalue weighted by molar-refractivity contribution is 7.91. The van der Waals surface area contributed by atoms with Crippen molar-refractivity contribution in [3.63, 3.8) is 0 Å². The van der Waals surface area contributed by atoms with E-state index in [4.69, 9.17) is 27.6 Å². The summed E-state index contributed by atoms with van der Waals surface area (Å²) in [5, 5.41) is 10.4. The Kier molecular flexibility index (Phi) is 5.76. The second-order valence-electron chi connectivity index (χ2n) is 7.53. The molecule has 0 spiro atoms. The zero-order valence-electron chi connectivity index (χ0n) is 16.8. The Hall–Kier alpha value is -2.86. The van der Waals surface area contributed by atoms with Gasteiger partial charge in [-0.05, 0) is 55.3 Å². The van der Waals surface area contributed by atoms with Gasteiger partial charge in [-0.2, -0.15) is 5.26 Å². The number of halogens is 2. The second-order valence-corrected chi connectivity index (χ2v) is 10.6. The monoisotopic (exact) mass is 490 g/mol. The van der Waals surface area contributed by atoms with Crippen molar-refractivity contribution in [3.8, 4) is 17.4 Å². The summed E-state index contributed by atoms with van der Waals surface area (Å²) < 4.78 is 29.6. The van der Waals surface area contributed by atoms with Crippen LogP contribution in [0.5, 0.6) is 0 Å². The molecule has 0 aliphatic carbocycles. The van der Waals surface area contributed by atoms with E-state index in [9.17, 15) is 23.3 Å². The van der Waals surface area contributed by atoms with Crippen LogP contribution < -0.4 is 0 Å². The number of carbonyl (C=O) groups excluding carboxylic acids is 2. The molecule has 1 aromatic heterocycles. The van der Waals surface area contributed by atoms with E-state index in [2.05, 4.69) is 0 Å². The van der Waals surface area contributed by atoms with Crippen LogP contribution >= 0.6 is 23.2 Å². The lowest BCUT2D eigenvalue weighted by Crippen LogP contribution is -2.49. The molecular formula is C22H16Cl2N2O5S. The number of imide groups is 1. The highest BCUT2D eigenvalue weighted by Crippen LogP contribution is 2.34. The molecule has 4 rings (SSSR count). The van der Waals surface area contributed by atoms with Gasteiger partial charge in [0.2, 0.25) is 0 Å². The van der Waals surface area contributed by atoms with Crippen LogP contribution in [-0.2, 0) is 19.4 Å². The molecule has 1 saturated heterocycles. The van der Waals surface area contributed by atoms with E-state index >= 15 is 0 Å². The maximum atomic E-state index is 13.2. The van der Waals surface area contributed by atoms with E-state index in [1.807, 2.05) is 6.07 Å². The lowest BCUT2D eigenvalue weighted by atomic mass is 9.93. The predicted octanol–water partition coefficient (Wildman–Crippen LogP) is 4.03. The third-order valence-electron chi connectivity index (χ3n) is 5.45. The van der Waals surface area contributed by atoms with Gasteiger partial charge < -0.3 is 4.42 Å². The standard InChI is InChI=1S/C22H16Cl2N2O5S/c1-12-16(9-15-3-5-20(31-15)17-8-13(23)2-4-19(17)24)21(27)26(22(28)18(12)10-25)14-6-7-32(29,30)11-14/h2-5,8-9,14H,6-7,11H2,1H3. The normalized spacial score (nSPS) is 22.0. The van der Waals surface area contributed by atoms with E-state index in [1.165, 1.54) is 13.0 Å². The third kappa shape index (κ3) is 3.99. The maximum absolute atomic E-state index is 13.2. The van der Waals surface area contributed by atoms with Crippen LogP contribution in [0, 0.1) is 11.3 Å². The molecular weight excluding hydrogens is 475 g/mol. The lowest BCUT2D eigenvalue weighted by molar-refractivity contribution is -0.142. The molecule has 0 radical (unpaired) electrons. The number of amides is 2. The SMILES string of the molecule is CC1=C(C#N)C(=O)N(C2CCS(=O)(=O)C2)C(=O)C1=Cc1ccc(-c2cc(Cl)ccc2Cl)o1. The van der Waals surface area contributed by atoms with Crippen molar-refractivity contribution in [2.75, 3.05) is 11.5 Å². The average molecular weight is 491 g/mol. The third-order valence-corrected chi connectivity index (χ3v) is 7.77. The predicted molar refractivity (Wildman–Crippen MR) is 119 cm³/mol. The first-order chi connectivity index (χ1) is 15.1. The summed E-state index contributed by atoms with van der Waals surface area (Å²) in [5.74, 6) is -1.14. The van der Waals surface area contributed by atoms with Crippen LogP contribution in [0.15, 0.2) is 51.5 Å². The van der Waals surface area contributed by atoms with Gasteiger partial charge in [0.05, 0.1) is 22.6 Å². The van der Waals surface area contributed by atoms with Gasteiger partial charge in [0.25, 0.3) is 11.8 Å². The molecule has 0 N–H and O–H groups in total. The molecule has 164 valence electrons. The van der Waals surface area contributed by atoms with Gasteiger partial charge in [-0.15, -0.1) is 0 Å². The summed E-state index contributed by atoms with van der Waals surface area (Å²) in [6.07, 6.45) is 1.57. The van der Waals surface area contributed by atoms with Crippen molar-refractivity contribution in [1.29, 1.82) is 5.26 Å². The molecule has 32 heavy (non-hydrogen) atoms. The number of hydrogen-bond acceptors (Lipinski definition) is 6. The fraction of sp³-hybridized carbons (Fsp3) is 0.227. The lowest BCUT2D eigenvalue weighted by Gasteiger charge is -2.31. The number of rotatable bonds is 3. The Morgan fingerprint density at radius 3 is 2.59 bits per heavy atom. The summed E-state index contributed by atoms with van der Waals surface area (Å²) in [7, 11) is -3.35. The molecule has 2 amide bonds. The van der Waals surface area contributed by atoms with Gasteiger partial charge in [0.1, 0.15) is 23.2 Å². The maximum Gasteiger partial charge on any atom is 0.271 e. The van der Waals surface area contributed by atoms with Gasteiger partial charge in [-0.1, -0.05) is 23.2 Å². The van der Waals surface area contributed by atoms with Crippen molar-refractivity contribution < 1.29 is 22.4 Å². The van der Waals surface area contributed by atoms with Gasteiger partial charge in [-0.25, -0.2) is 8.42 Å². The summed E-state index contributed by atoms with van der Waals surface area (Å²) >= 11 is 12.3. The zero-order valence-corrected chi connectivity index (χ0v) is 19.1. The van der Waals surface area contributed by atoms with E-state index in [0.717, 1.165) is 4.90 Å². The molecule has 1 atom stereocenters. The van der Waals surface area contributed by atoms with Gasteiger partial charge in [0.15, 0.2) is 9.84 Å². The number of benzene rings is 1. The number of sulfone groups is 1. The van der Waals surface area contributed by atoms with Crippen molar-refractivity contribution in [2.24, 2.45) is 0 Å². The number of nitrogens with zero attached hydrogens (tertiary/aromatic N) is 2. The number of nitriles is 1. The fourth-order valence-electron chi connectivity index (χ4n) is 3.81. The molecule has 1 fully saturated rings. The van der Waals surface area contributed by atoms with Crippen molar-refractivity contribution >= 4 is 50.9 Å². The minimum Gasteiger partial charge on any atom is -0.457 e. The van der Waals surface area contributed by atoms with E-state index in [0.29, 0.717) is 27.1 Å². The summed E-state index contributed by atoms with van der Waals surface area (Å²) in [4.78, 5) is 26.9. The highest BCUT2D eigenvalue weighted by Gasteiger charge is 2.43. The van der Waals surface area contributed by atoms with Crippen molar-refractivity contribution in [2.45, 2.75) is 19.4 Å². The number of carbonyl (C=O) groups is 2. The highest BCUT2D eigenvalue weighted by atomic mass is 35.5. The minimum atomic E-state index is -3.35. The van der Waals surface area contributed by atoms with Crippen LogP contribution in [0.2, 0.25) is 10.0 Å². The molecule has 2 aliphatic rings. The van der Waals surface area contributed by atoms with Crippen molar-refractivity contribution in [1.82, 2.24) is 4.90 Å². The Bertz CT molecular complexity index is 1360. The van der Waals surface area contributed by atoms with E-state index < -0.39 is 27.7 Å². The van der Waals surface area contributed by atoms with Crippen molar-refractivity contribution in [3.05, 3.63) is 62.9 Å². The Labute approximate surface area is 194 Å². The number of hydrogen-bond donors (Lipinski definition) is 0. The van der Waals surface area contributed by atoms with Crippen LogP contribution in [0.1, 0.15) is 19.1 Å². The Balaban J connectivity index is 1.75. The summed E-state index contributed by atoms with van der Waals surface area (Å²) in [6, 6.07) is 9.24. The van der Waals surface area contributed by atoms with Gasteiger partial charge >= 0.3 is 0 Å². The van der Waals surface area contributed by atoms with E-state index in [1.54, 1.807) is 30.3 Å². The minimum absolute atomic E-state index is 0.0866. The smallest absolute Gasteiger partial charge is 0.271 e. The molecule has 2 aliphatic heterocycles. The van der Waals surface area contributed by atoms with Crippen LogP contribution in [0.25, 0.3) is 17.4 Å². The first-order valence-corrected chi connectivity index (χ1v) is 12.2. The topological polar surface area (TPSA) is 108 Å². The molecule has 0 saturated carbocycles. The first-order valence-electron chi connectivity index (χ1n) is 9.58. The largest absolute Gasteiger partial charge is 0.457 e. The van der Waals surface area contributed by atoms with Crippen LogP contribution in [0.3, 0.4) is 0 Å². The molecule has 1 unspecified atom stereocenters. The first kappa shape index (κ1) is 22.3. The molecule has 3 heterocycles. The zero-order chi connectivity index (χ0) is 23.2. The average Bonchev–Trinajstić information content (AvgIpc) is 3.33. The Morgan fingerprint density at radius 2 is 1.94 bits per heavy atom. The number of furan rings is 1. The van der Waals surface area contributed by atoms with Crippen LogP contribution in [0.4, 0.5) is 0 Å². The molecule has 1 aromatic carbocycles.